The van der Waals surface area contributed by atoms with Crippen molar-refractivity contribution in [3.8, 4) is 11.6 Å². The molecule has 1 aliphatic heterocycles. The second-order valence-corrected chi connectivity index (χ2v) is 6.02. The van der Waals surface area contributed by atoms with Crippen LogP contribution < -0.4 is 10.6 Å². The summed E-state index contributed by atoms with van der Waals surface area (Å²) in [7, 11) is 0. The number of anilines is 2. The predicted octanol–water partition coefficient (Wildman–Crippen LogP) is 2.56. The van der Waals surface area contributed by atoms with Crippen LogP contribution in [0.4, 0.5) is 24.8 Å². The Morgan fingerprint density at radius 3 is 2.59 bits per heavy atom. The number of rotatable bonds is 3. The van der Waals surface area contributed by atoms with Gasteiger partial charge in [0.2, 0.25) is 5.91 Å². The molecule has 1 aliphatic rings. The van der Waals surface area contributed by atoms with Gasteiger partial charge in [0.25, 0.3) is 0 Å². The molecule has 0 bridgehead atoms. The van der Waals surface area contributed by atoms with E-state index in [4.69, 9.17) is 5.73 Å². The number of nitrogens with zero attached hydrogens (tertiary/aromatic N) is 4. The Hall–Kier alpha value is -3.43. The number of halogens is 3. The molecule has 138 valence electrons. The van der Waals surface area contributed by atoms with E-state index in [1.165, 1.54) is 4.90 Å². The molecule has 0 fully saturated rings. The van der Waals surface area contributed by atoms with Gasteiger partial charge in [-0.25, -0.2) is 15.0 Å². The third-order valence-corrected chi connectivity index (χ3v) is 4.18. The molecule has 3 aromatic rings. The van der Waals surface area contributed by atoms with Crippen LogP contribution in [0, 0.1) is 0 Å². The van der Waals surface area contributed by atoms with E-state index in [9.17, 15) is 18.0 Å². The van der Waals surface area contributed by atoms with Gasteiger partial charge >= 0.3 is 6.18 Å². The van der Waals surface area contributed by atoms with Gasteiger partial charge < -0.3 is 10.7 Å². The van der Waals surface area contributed by atoms with Crippen LogP contribution in [0.5, 0.6) is 0 Å². The molecule has 4 rings (SSSR count). The standard InChI is InChI=1S/C17H13F3N6O/c18-17(19,20)11-7-22-14(23-11)15-24-13(21)10-6-12(27)26(16(10)25-15)8-9-4-2-1-3-5-9/h1-5,7H,6,8H2,(H,22,23)(H2,21,24,25). The zero-order valence-corrected chi connectivity index (χ0v) is 13.8. The van der Waals surface area contributed by atoms with Gasteiger partial charge in [-0.1, -0.05) is 30.3 Å². The lowest BCUT2D eigenvalue weighted by molar-refractivity contribution is -0.140. The summed E-state index contributed by atoms with van der Waals surface area (Å²) in [6.07, 6.45) is -3.86. The van der Waals surface area contributed by atoms with E-state index in [0.717, 1.165) is 5.56 Å². The lowest BCUT2D eigenvalue weighted by atomic mass is 10.2. The monoisotopic (exact) mass is 374 g/mol. The minimum absolute atomic E-state index is 0.0419. The highest BCUT2D eigenvalue weighted by Crippen LogP contribution is 2.34. The molecule has 27 heavy (non-hydrogen) atoms. The molecule has 7 nitrogen and oxygen atoms in total. The van der Waals surface area contributed by atoms with Crippen molar-refractivity contribution in [2.24, 2.45) is 0 Å². The average molecular weight is 374 g/mol. The molecule has 1 aromatic carbocycles. The van der Waals surface area contributed by atoms with Crippen molar-refractivity contribution in [3.05, 3.63) is 53.3 Å². The van der Waals surface area contributed by atoms with Crippen molar-refractivity contribution in [3.63, 3.8) is 0 Å². The first-order chi connectivity index (χ1) is 12.8. The summed E-state index contributed by atoms with van der Waals surface area (Å²) in [6.45, 7) is 0.272. The number of H-pyrrole nitrogens is 1. The third kappa shape index (κ3) is 3.09. The van der Waals surface area contributed by atoms with Crippen molar-refractivity contribution in [2.45, 2.75) is 19.1 Å². The van der Waals surface area contributed by atoms with E-state index >= 15 is 0 Å². The number of carbonyl (C=O) groups excluding carboxylic acids is 1. The van der Waals surface area contributed by atoms with Crippen molar-refractivity contribution < 1.29 is 18.0 Å². The van der Waals surface area contributed by atoms with Crippen molar-refractivity contribution in [1.82, 2.24) is 19.9 Å². The Labute approximate surface area is 151 Å². The van der Waals surface area contributed by atoms with Gasteiger partial charge in [-0.15, -0.1) is 0 Å². The molecule has 0 unspecified atom stereocenters. The number of hydrogen-bond acceptors (Lipinski definition) is 5. The normalized spacial score (nSPS) is 13.9. The first-order valence-electron chi connectivity index (χ1n) is 7.96. The second-order valence-electron chi connectivity index (χ2n) is 6.02. The molecule has 10 heteroatoms. The van der Waals surface area contributed by atoms with Crippen LogP contribution in [0.3, 0.4) is 0 Å². The Balaban J connectivity index is 1.73. The zero-order valence-electron chi connectivity index (χ0n) is 13.8. The lowest BCUT2D eigenvalue weighted by Gasteiger charge is -2.17. The van der Waals surface area contributed by atoms with Crippen molar-refractivity contribution in [1.29, 1.82) is 0 Å². The molecule has 1 amide bonds. The summed E-state index contributed by atoms with van der Waals surface area (Å²) in [5, 5.41) is 0. The van der Waals surface area contributed by atoms with E-state index < -0.39 is 11.9 Å². The topological polar surface area (TPSA) is 101 Å². The molecule has 0 atom stereocenters. The van der Waals surface area contributed by atoms with Crippen LogP contribution in [-0.4, -0.2) is 25.8 Å². The van der Waals surface area contributed by atoms with Gasteiger partial charge in [0.05, 0.1) is 19.2 Å². The van der Waals surface area contributed by atoms with Crippen LogP contribution in [0.15, 0.2) is 36.5 Å². The first-order valence-corrected chi connectivity index (χ1v) is 7.96. The number of hydrogen-bond donors (Lipinski definition) is 2. The van der Waals surface area contributed by atoms with E-state index in [0.29, 0.717) is 11.8 Å². The number of nitrogens with one attached hydrogen (secondary N) is 1. The molecular formula is C17H13F3N6O. The number of nitrogens with two attached hydrogens (primary N) is 1. The Morgan fingerprint density at radius 1 is 1.19 bits per heavy atom. The maximum atomic E-state index is 12.8. The van der Waals surface area contributed by atoms with E-state index in [-0.39, 0.29) is 42.2 Å². The molecule has 0 radical (unpaired) electrons. The number of carbonyl (C=O) groups is 1. The number of aromatic amines is 1. The molecule has 3 N–H and O–H groups in total. The Bertz CT molecular complexity index is 1020. The van der Waals surface area contributed by atoms with Gasteiger partial charge in [-0.05, 0) is 5.56 Å². The highest BCUT2D eigenvalue weighted by atomic mass is 19.4. The Morgan fingerprint density at radius 2 is 1.93 bits per heavy atom. The van der Waals surface area contributed by atoms with Crippen molar-refractivity contribution in [2.75, 3.05) is 10.6 Å². The summed E-state index contributed by atoms with van der Waals surface area (Å²) in [4.78, 5) is 28.0. The number of benzene rings is 1. The van der Waals surface area contributed by atoms with Crippen LogP contribution in [0.2, 0.25) is 0 Å². The van der Waals surface area contributed by atoms with Gasteiger partial charge in [0.1, 0.15) is 17.3 Å². The molecule has 0 aliphatic carbocycles. The smallest absolute Gasteiger partial charge is 0.383 e. The SMILES string of the molecule is Nc1nc(-c2ncc(C(F)(F)F)[nH]2)nc2c1CC(=O)N2Cc1ccccc1. The minimum Gasteiger partial charge on any atom is -0.383 e. The molecule has 0 spiro atoms. The number of alkyl halides is 3. The van der Waals surface area contributed by atoms with Crippen LogP contribution in [-0.2, 0) is 23.9 Å². The lowest BCUT2D eigenvalue weighted by Crippen LogP contribution is -2.26. The maximum absolute atomic E-state index is 12.8. The first kappa shape index (κ1) is 17.0. The minimum atomic E-state index is -4.57. The molecule has 0 saturated heterocycles. The van der Waals surface area contributed by atoms with Gasteiger partial charge in [-0.2, -0.15) is 13.2 Å². The second kappa shape index (κ2) is 6.08. The van der Waals surface area contributed by atoms with Crippen LogP contribution >= 0.6 is 0 Å². The summed E-state index contributed by atoms with van der Waals surface area (Å²) in [6, 6.07) is 9.27. The highest BCUT2D eigenvalue weighted by molar-refractivity contribution is 6.01. The third-order valence-electron chi connectivity index (χ3n) is 4.18. The molecular weight excluding hydrogens is 361 g/mol. The fraction of sp³-hybridized carbons (Fsp3) is 0.176. The Kier molecular flexibility index (Phi) is 3.83. The number of aromatic nitrogens is 4. The molecule has 3 heterocycles. The van der Waals surface area contributed by atoms with E-state index in [2.05, 4.69) is 19.9 Å². The number of imidazole rings is 1. The van der Waals surface area contributed by atoms with Gasteiger partial charge in [-0.3, -0.25) is 9.69 Å². The van der Waals surface area contributed by atoms with Crippen LogP contribution in [0.1, 0.15) is 16.8 Å². The number of fused-ring (bicyclic) bond motifs is 1. The molecule has 2 aromatic heterocycles. The predicted molar refractivity (Wildman–Crippen MR) is 90.4 cm³/mol. The average Bonchev–Trinajstić information content (AvgIpc) is 3.23. The van der Waals surface area contributed by atoms with Crippen molar-refractivity contribution >= 4 is 17.5 Å². The fourth-order valence-corrected chi connectivity index (χ4v) is 2.86. The van der Waals surface area contributed by atoms with Crippen LogP contribution in [0.25, 0.3) is 11.6 Å². The van der Waals surface area contributed by atoms with Gasteiger partial charge in [0.15, 0.2) is 11.6 Å². The largest absolute Gasteiger partial charge is 0.432 e. The quantitative estimate of drug-likeness (QED) is 0.734. The fourth-order valence-electron chi connectivity index (χ4n) is 2.86. The van der Waals surface area contributed by atoms with Gasteiger partial charge in [0, 0.05) is 5.56 Å². The van der Waals surface area contributed by atoms with E-state index in [1.807, 2.05) is 30.3 Å². The number of nitrogen functional groups attached to an aromatic ring is 1. The summed E-state index contributed by atoms with van der Waals surface area (Å²) in [5.41, 5.74) is 6.25. The zero-order chi connectivity index (χ0) is 19.2. The molecule has 0 saturated carbocycles. The summed E-state index contributed by atoms with van der Waals surface area (Å²) >= 11 is 0. The summed E-state index contributed by atoms with van der Waals surface area (Å²) in [5.74, 6) is -0.145. The summed E-state index contributed by atoms with van der Waals surface area (Å²) < 4.78 is 38.3. The maximum Gasteiger partial charge on any atom is 0.432 e. The highest BCUT2D eigenvalue weighted by Gasteiger charge is 2.35. The number of amides is 1. The van der Waals surface area contributed by atoms with E-state index in [1.54, 1.807) is 0 Å².